The Balaban J connectivity index is 2.96. The van der Waals surface area contributed by atoms with Gasteiger partial charge in [0.1, 0.15) is 0 Å². The number of carbonyl (C=O) groups is 1. The van der Waals surface area contributed by atoms with Gasteiger partial charge < -0.3 is 4.74 Å². The van der Waals surface area contributed by atoms with Crippen LogP contribution in [0.2, 0.25) is 0 Å². The van der Waals surface area contributed by atoms with Crippen LogP contribution in [0.1, 0.15) is 31.7 Å². The third-order valence-corrected chi connectivity index (χ3v) is 2.94. The second kappa shape index (κ2) is 6.04. The normalized spacial score (nSPS) is 12.6. The first-order valence-electron chi connectivity index (χ1n) is 5.38. The van der Waals surface area contributed by atoms with Crippen LogP contribution < -0.4 is 0 Å². The van der Waals surface area contributed by atoms with E-state index in [1.807, 2.05) is 24.3 Å². The number of ether oxygens (including phenoxy) is 1. The molecule has 0 bridgehead atoms. The number of benzene rings is 1. The van der Waals surface area contributed by atoms with E-state index in [1.54, 1.807) is 0 Å². The Kier molecular flexibility index (Phi) is 5.00. The van der Waals surface area contributed by atoms with Gasteiger partial charge in [0.2, 0.25) is 0 Å². The maximum atomic E-state index is 11.7. The van der Waals surface area contributed by atoms with Crippen molar-refractivity contribution in [2.24, 2.45) is 5.92 Å². The summed E-state index contributed by atoms with van der Waals surface area (Å²) >= 11 is 3.42. The zero-order chi connectivity index (χ0) is 12.1. The Labute approximate surface area is 105 Å². The zero-order valence-corrected chi connectivity index (χ0v) is 11.5. The third-order valence-electron chi connectivity index (χ3n) is 2.44. The van der Waals surface area contributed by atoms with Crippen LogP contribution in [0, 0.1) is 5.92 Å². The second-order valence-electron chi connectivity index (χ2n) is 4.26. The molecule has 0 aliphatic carbocycles. The number of methoxy groups -OCH3 is 1. The molecule has 0 fully saturated rings. The lowest BCUT2D eigenvalue weighted by atomic mass is 9.90. The van der Waals surface area contributed by atoms with Crippen molar-refractivity contribution in [2.75, 3.05) is 7.11 Å². The molecule has 0 radical (unpaired) electrons. The fourth-order valence-corrected chi connectivity index (χ4v) is 2.12. The molecule has 0 saturated carbocycles. The molecule has 1 aromatic rings. The highest BCUT2D eigenvalue weighted by atomic mass is 79.9. The van der Waals surface area contributed by atoms with Gasteiger partial charge in [0.05, 0.1) is 13.0 Å². The third kappa shape index (κ3) is 3.63. The van der Waals surface area contributed by atoms with Gasteiger partial charge in [-0.15, -0.1) is 0 Å². The molecule has 2 nitrogen and oxygen atoms in total. The molecule has 0 aliphatic heterocycles. The quantitative estimate of drug-likeness (QED) is 0.787. The summed E-state index contributed by atoms with van der Waals surface area (Å²) in [5, 5.41) is 0. The maximum Gasteiger partial charge on any atom is 0.313 e. The second-order valence-corrected chi connectivity index (χ2v) is 5.18. The Morgan fingerprint density at radius 3 is 2.62 bits per heavy atom. The molecule has 16 heavy (non-hydrogen) atoms. The molecule has 88 valence electrons. The van der Waals surface area contributed by atoms with Crippen molar-refractivity contribution >= 4 is 21.9 Å². The van der Waals surface area contributed by atoms with Crippen molar-refractivity contribution in [3.05, 3.63) is 34.3 Å². The van der Waals surface area contributed by atoms with Gasteiger partial charge in [-0.3, -0.25) is 4.79 Å². The Bertz CT molecular complexity index is 361. The van der Waals surface area contributed by atoms with Crippen LogP contribution in [0.3, 0.4) is 0 Å². The lowest BCUT2D eigenvalue weighted by molar-refractivity contribution is -0.142. The van der Waals surface area contributed by atoms with E-state index in [-0.39, 0.29) is 11.9 Å². The summed E-state index contributed by atoms with van der Waals surface area (Å²) in [6, 6.07) is 7.83. The maximum absolute atomic E-state index is 11.7. The summed E-state index contributed by atoms with van der Waals surface area (Å²) < 4.78 is 5.84. The summed E-state index contributed by atoms with van der Waals surface area (Å²) in [5.74, 6) is 0.136. The van der Waals surface area contributed by atoms with E-state index in [2.05, 4.69) is 29.8 Å². The molecular weight excluding hydrogens is 268 g/mol. The largest absolute Gasteiger partial charge is 0.469 e. The number of halogens is 1. The molecule has 0 spiro atoms. The molecule has 1 atom stereocenters. The van der Waals surface area contributed by atoms with Gasteiger partial charge >= 0.3 is 5.97 Å². The van der Waals surface area contributed by atoms with Gasteiger partial charge in [-0.25, -0.2) is 0 Å². The fourth-order valence-electron chi connectivity index (χ4n) is 1.71. The lowest BCUT2D eigenvalue weighted by Gasteiger charge is -2.17. The van der Waals surface area contributed by atoms with Crippen molar-refractivity contribution < 1.29 is 9.53 Å². The monoisotopic (exact) mass is 284 g/mol. The van der Waals surface area contributed by atoms with Crippen LogP contribution >= 0.6 is 15.9 Å². The highest BCUT2D eigenvalue weighted by Gasteiger charge is 2.22. The van der Waals surface area contributed by atoms with Gasteiger partial charge in [-0.2, -0.15) is 0 Å². The average Bonchev–Trinajstić information content (AvgIpc) is 2.24. The van der Waals surface area contributed by atoms with Gasteiger partial charge in [0.15, 0.2) is 0 Å². The molecule has 0 aliphatic rings. The molecule has 3 heteroatoms. The number of rotatable bonds is 4. The van der Waals surface area contributed by atoms with Crippen molar-refractivity contribution in [1.82, 2.24) is 0 Å². The first kappa shape index (κ1) is 13.2. The van der Waals surface area contributed by atoms with Crippen LogP contribution in [0.15, 0.2) is 28.7 Å². The van der Waals surface area contributed by atoms with Crippen LogP contribution in [0.5, 0.6) is 0 Å². The zero-order valence-electron chi connectivity index (χ0n) is 9.87. The van der Waals surface area contributed by atoms with Crippen molar-refractivity contribution in [3.63, 3.8) is 0 Å². The van der Waals surface area contributed by atoms with Gasteiger partial charge in [0.25, 0.3) is 0 Å². The molecule has 0 heterocycles. The summed E-state index contributed by atoms with van der Waals surface area (Å²) in [6.07, 6.45) is 0.809. The molecule has 1 rings (SSSR count). The van der Waals surface area contributed by atoms with Crippen molar-refractivity contribution in [2.45, 2.75) is 26.2 Å². The molecule has 1 aromatic carbocycles. The van der Waals surface area contributed by atoms with E-state index >= 15 is 0 Å². The van der Waals surface area contributed by atoms with Crippen molar-refractivity contribution in [1.29, 1.82) is 0 Å². The van der Waals surface area contributed by atoms with E-state index in [0.29, 0.717) is 5.92 Å². The number of hydrogen-bond donors (Lipinski definition) is 0. The summed E-state index contributed by atoms with van der Waals surface area (Å²) in [5.41, 5.74) is 1.01. The van der Waals surface area contributed by atoms with Gasteiger partial charge in [-0.1, -0.05) is 41.9 Å². The van der Waals surface area contributed by atoms with Crippen LogP contribution in [-0.4, -0.2) is 13.1 Å². The minimum Gasteiger partial charge on any atom is -0.469 e. The number of carbonyl (C=O) groups excluding carboxylic acids is 1. The highest BCUT2D eigenvalue weighted by Crippen LogP contribution is 2.27. The average molecular weight is 285 g/mol. The SMILES string of the molecule is COC(=O)[C@@H](CC(C)C)c1cccc(Br)c1. The number of esters is 1. The standard InChI is InChI=1S/C13H17BrO2/c1-9(2)7-12(13(15)16-3)10-5-4-6-11(14)8-10/h4-6,8-9,12H,7H2,1-3H3/t12-/m0/s1. The smallest absolute Gasteiger partial charge is 0.313 e. The molecule has 0 saturated heterocycles. The molecule has 0 amide bonds. The van der Waals surface area contributed by atoms with E-state index in [9.17, 15) is 4.79 Å². The lowest BCUT2D eigenvalue weighted by Crippen LogP contribution is -2.16. The predicted molar refractivity (Wildman–Crippen MR) is 68.4 cm³/mol. The predicted octanol–water partition coefficient (Wildman–Crippen LogP) is 3.75. The fraction of sp³-hybridized carbons (Fsp3) is 0.462. The van der Waals surface area contributed by atoms with E-state index in [1.165, 1.54) is 7.11 Å². The molecule has 0 N–H and O–H groups in total. The van der Waals surface area contributed by atoms with E-state index in [0.717, 1.165) is 16.5 Å². The van der Waals surface area contributed by atoms with Gasteiger partial charge in [-0.05, 0) is 30.0 Å². The van der Waals surface area contributed by atoms with Crippen LogP contribution in [-0.2, 0) is 9.53 Å². The Hall–Kier alpha value is -0.830. The number of hydrogen-bond acceptors (Lipinski definition) is 2. The summed E-state index contributed by atoms with van der Waals surface area (Å²) in [6.45, 7) is 4.21. The minimum absolute atomic E-state index is 0.160. The molecular formula is C13H17BrO2. The summed E-state index contributed by atoms with van der Waals surface area (Å²) in [4.78, 5) is 11.7. The van der Waals surface area contributed by atoms with Crippen LogP contribution in [0.25, 0.3) is 0 Å². The van der Waals surface area contributed by atoms with Crippen LogP contribution in [0.4, 0.5) is 0 Å². The van der Waals surface area contributed by atoms with E-state index < -0.39 is 0 Å². The summed E-state index contributed by atoms with van der Waals surface area (Å²) in [7, 11) is 1.44. The topological polar surface area (TPSA) is 26.3 Å². The molecule has 0 aromatic heterocycles. The van der Waals surface area contributed by atoms with Gasteiger partial charge in [0, 0.05) is 4.47 Å². The van der Waals surface area contributed by atoms with E-state index in [4.69, 9.17) is 4.74 Å². The Morgan fingerprint density at radius 2 is 2.12 bits per heavy atom. The first-order chi connectivity index (χ1) is 7.54. The molecule has 0 unspecified atom stereocenters. The Morgan fingerprint density at radius 1 is 1.44 bits per heavy atom. The first-order valence-corrected chi connectivity index (χ1v) is 6.17. The minimum atomic E-state index is -0.164. The highest BCUT2D eigenvalue weighted by molar-refractivity contribution is 9.10. The van der Waals surface area contributed by atoms with Crippen molar-refractivity contribution in [3.8, 4) is 0 Å².